The predicted molar refractivity (Wildman–Crippen MR) is 43.0 cm³/mol. The number of aromatic nitrogens is 1. The van der Waals surface area contributed by atoms with E-state index in [9.17, 15) is 0 Å². The van der Waals surface area contributed by atoms with Crippen LogP contribution in [0.4, 0.5) is 0 Å². The number of aliphatic hydroxyl groups excluding tert-OH is 1. The molecule has 10 heavy (non-hydrogen) atoms. The monoisotopic (exact) mass is 141 g/mol. The third-order valence-electron chi connectivity index (χ3n) is 1.40. The molecule has 1 N–H and O–H groups in total. The highest BCUT2D eigenvalue weighted by atomic mass is 16.2. The van der Waals surface area contributed by atoms with Gasteiger partial charge in [-0.25, -0.2) is 0 Å². The molecule has 1 rings (SSSR count). The van der Waals surface area contributed by atoms with Crippen LogP contribution in [0.15, 0.2) is 18.3 Å². The summed E-state index contributed by atoms with van der Waals surface area (Å²) in [5.41, 5.74) is 1.34. The summed E-state index contributed by atoms with van der Waals surface area (Å²) in [5.74, 6) is 0. The first-order valence-electron chi connectivity index (χ1n) is 3.41. The topological polar surface area (TPSA) is 25.2 Å². The molecular weight excluding hydrogens is 126 g/mol. The molecular formula is C8H15NO. The van der Waals surface area contributed by atoms with Crippen molar-refractivity contribution in [1.29, 1.82) is 0 Å². The van der Waals surface area contributed by atoms with Crippen LogP contribution in [0.5, 0.6) is 0 Å². The van der Waals surface area contributed by atoms with Crippen molar-refractivity contribution in [1.82, 2.24) is 4.57 Å². The molecule has 1 aromatic heterocycles. The maximum atomic E-state index is 7.00. The number of hydrogen-bond acceptors (Lipinski definition) is 1. The number of nitrogens with zero attached hydrogens (tertiary/aromatic N) is 1. The van der Waals surface area contributed by atoms with Crippen LogP contribution in [-0.4, -0.2) is 16.8 Å². The highest BCUT2D eigenvalue weighted by molar-refractivity contribution is 5.03. The summed E-state index contributed by atoms with van der Waals surface area (Å²) in [7, 11) is 1.00. The zero-order chi connectivity index (χ0) is 7.98. The van der Waals surface area contributed by atoms with Gasteiger partial charge in [-0.3, -0.25) is 0 Å². The van der Waals surface area contributed by atoms with Gasteiger partial charge >= 0.3 is 0 Å². The molecule has 1 heterocycles. The average molecular weight is 141 g/mol. The molecule has 0 bridgehead atoms. The van der Waals surface area contributed by atoms with E-state index in [-0.39, 0.29) is 0 Å². The molecule has 1 aromatic rings. The van der Waals surface area contributed by atoms with Gasteiger partial charge in [0.2, 0.25) is 0 Å². The Hall–Kier alpha value is -0.760. The molecule has 58 valence electrons. The van der Waals surface area contributed by atoms with Crippen LogP contribution >= 0.6 is 0 Å². The second kappa shape index (κ2) is 5.06. The summed E-state index contributed by atoms with van der Waals surface area (Å²) in [5, 5.41) is 7.00. The number of aryl methyl sites for hydroxylation is 2. The Bertz CT molecular complexity index is 170. The van der Waals surface area contributed by atoms with Gasteiger partial charge in [-0.15, -0.1) is 0 Å². The highest BCUT2D eigenvalue weighted by Gasteiger charge is 1.86. The quantitative estimate of drug-likeness (QED) is 0.628. The fourth-order valence-electron chi connectivity index (χ4n) is 0.854. The zero-order valence-electron chi connectivity index (χ0n) is 6.83. The van der Waals surface area contributed by atoms with Crippen molar-refractivity contribution in [2.45, 2.75) is 20.4 Å². The van der Waals surface area contributed by atoms with Crippen LogP contribution < -0.4 is 0 Å². The average Bonchev–Trinajstić information content (AvgIpc) is 2.39. The minimum Gasteiger partial charge on any atom is -0.400 e. The first kappa shape index (κ1) is 9.24. The van der Waals surface area contributed by atoms with Gasteiger partial charge < -0.3 is 9.67 Å². The Morgan fingerprint density at radius 2 is 2.10 bits per heavy atom. The van der Waals surface area contributed by atoms with E-state index in [0.717, 1.165) is 13.7 Å². The van der Waals surface area contributed by atoms with Gasteiger partial charge in [-0.05, 0) is 26.0 Å². The third kappa shape index (κ3) is 2.23. The van der Waals surface area contributed by atoms with Crippen LogP contribution in [0.25, 0.3) is 0 Å². The van der Waals surface area contributed by atoms with Gasteiger partial charge in [-0.1, -0.05) is 0 Å². The van der Waals surface area contributed by atoms with E-state index in [0.29, 0.717) is 0 Å². The van der Waals surface area contributed by atoms with Crippen LogP contribution in [0.2, 0.25) is 0 Å². The van der Waals surface area contributed by atoms with Crippen molar-refractivity contribution in [2.75, 3.05) is 7.11 Å². The first-order valence-corrected chi connectivity index (χ1v) is 3.41. The lowest BCUT2D eigenvalue weighted by atomic mass is 10.5. The van der Waals surface area contributed by atoms with Crippen molar-refractivity contribution >= 4 is 0 Å². The van der Waals surface area contributed by atoms with E-state index in [1.165, 1.54) is 5.69 Å². The predicted octanol–water partition coefficient (Wildman–Crippen LogP) is 1.42. The summed E-state index contributed by atoms with van der Waals surface area (Å²) in [6.45, 7) is 5.34. The molecule has 0 aliphatic rings. The van der Waals surface area contributed by atoms with Crippen molar-refractivity contribution < 1.29 is 5.11 Å². The molecule has 0 amide bonds. The number of hydrogen-bond donors (Lipinski definition) is 1. The third-order valence-corrected chi connectivity index (χ3v) is 1.40. The lowest BCUT2D eigenvalue weighted by Crippen LogP contribution is -1.92. The van der Waals surface area contributed by atoms with E-state index in [4.69, 9.17) is 5.11 Å². The summed E-state index contributed by atoms with van der Waals surface area (Å²) >= 11 is 0. The summed E-state index contributed by atoms with van der Waals surface area (Å²) in [6, 6.07) is 4.18. The van der Waals surface area contributed by atoms with Gasteiger partial charge in [0, 0.05) is 25.5 Å². The van der Waals surface area contributed by atoms with E-state index >= 15 is 0 Å². The standard InChI is InChI=1S/C7H11N.CH4O/c1-3-8-6-4-5-7(8)2;1-2/h4-6H,3H2,1-2H3;2H,1H3. The minimum atomic E-state index is 1.00. The molecule has 0 atom stereocenters. The second-order valence-corrected chi connectivity index (χ2v) is 1.94. The number of aliphatic hydroxyl groups is 1. The Labute approximate surface area is 62.1 Å². The van der Waals surface area contributed by atoms with E-state index in [1.807, 2.05) is 0 Å². The SMILES string of the molecule is CCn1cccc1C.CO. The highest BCUT2D eigenvalue weighted by Crippen LogP contribution is 1.97. The molecule has 0 saturated heterocycles. The molecule has 0 aromatic carbocycles. The Balaban J connectivity index is 0.000000371. The fraction of sp³-hybridized carbons (Fsp3) is 0.500. The van der Waals surface area contributed by atoms with Crippen molar-refractivity contribution in [3.05, 3.63) is 24.0 Å². The van der Waals surface area contributed by atoms with E-state index in [2.05, 4.69) is 36.7 Å². The van der Waals surface area contributed by atoms with Crippen molar-refractivity contribution in [3.63, 3.8) is 0 Å². The molecule has 0 aliphatic carbocycles. The molecule has 0 fully saturated rings. The molecule has 0 saturated carbocycles. The maximum absolute atomic E-state index is 7.00. The van der Waals surface area contributed by atoms with Crippen LogP contribution in [0.1, 0.15) is 12.6 Å². The summed E-state index contributed by atoms with van der Waals surface area (Å²) in [6.07, 6.45) is 2.09. The Kier molecular flexibility index (Phi) is 4.67. The van der Waals surface area contributed by atoms with Gasteiger partial charge in [0.05, 0.1) is 0 Å². The van der Waals surface area contributed by atoms with Gasteiger partial charge in [0.15, 0.2) is 0 Å². The normalized spacial score (nSPS) is 8.40. The number of rotatable bonds is 1. The first-order chi connectivity index (χ1) is 4.84. The van der Waals surface area contributed by atoms with E-state index < -0.39 is 0 Å². The fourth-order valence-corrected chi connectivity index (χ4v) is 0.854. The van der Waals surface area contributed by atoms with Crippen LogP contribution in [-0.2, 0) is 6.54 Å². The minimum absolute atomic E-state index is 1.00. The molecule has 0 unspecified atom stereocenters. The second-order valence-electron chi connectivity index (χ2n) is 1.94. The van der Waals surface area contributed by atoms with E-state index in [1.54, 1.807) is 0 Å². The smallest absolute Gasteiger partial charge is 0.0319 e. The summed E-state index contributed by atoms with van der Waals surface area (Å²) < 4.78 is 2.21. The lowest BCUT2D eigenvalue weighted by Gasteiger charge is -1.97. The van der Waals surface area contributed by atoms with Gasteiger partial charge in [-0.2, -0.15) is 0 Å². The van der Waals surface area contributed by atoms with Crippen molar-refractivity contribution in [3.8, 4) is 0 Å². The summed E-state index contributed by atoms with van der Waals surface area (Å²) in [4.78, 5) is 0. The molecule has 2 nitrogen and oxygen atoms in total. The van der Waals surface area contributed by atoms with Gasteiger partial charge in [0.25, 0.3) is 0 Å². The molecule has 0 radical (unpaired) electrons. The van der Waals surface area contributed by atoms with Crippen molar-refractivity contribution in [2.24, 2.45) is 0 Å². The van der Waals surface area contributed by atoms with Crippen LogP contribution in [0, 0.1) is 6.92 Å². The molecule has 0 spiro atoms. The maximum Gasteiger partial charge on any atom is 0.0319 e. The zero-order valence-corrected chi connectivity index (χ0v) is 6.83. The molecule has 2 heteroatoms. The molecule has 0 aliphatic heterocycles. The largest absolute Gasteiger partial charge is 0.400 e. The van der Waals surface area contributed by atoms with Crippen LogP contribution in [0.3, 0.4) is 0 Å². The van der Waals surface area contributed by atoms with Gasteiger partial charge in [0.1, 0.15) is 0 Å². The lowest BCUT2D eigenvalue weighted by molar-refractivity contribution is 0.399. The Morgan fingerprint density at radius 3 is 2.30 bits per heavy atom. The Morgan fingerprint density at radius 1 is 1.50 bits per heavy atom.